The Bertz CT molecular complexity index is 811. The van der Waals surface area contributed by atoms with Crippen molar-refractivity contribution in [3.63, 3.8) is 0 Å². The van der Waals surface area contributed by atoms with Gasteiger partial charge in [-0.2, -0.15) is 0 Å². The molecule has 6 heteroatoms. The SMILES string of the molecule is CC(=O)Nc1ccc(NC(=O)CN2CCc3sccc3[C@H]2C2CC2)cc1. The molecule has 1 fully saturated rings. The van der Waals surface area contributed by atoms with Crippen molar-refractivity contribution in [2.75, 3.05) is 23.7 Å². The van der Waals surface area contributed by atoms with E-state index in [-0.39, 0.29) is 11.8 Å². The van der Waals surface area contributed by atoms with Gasteiger partial charge in [-0.3, -0.25) is 14.5 Å². The predicted octanol–water partition coefficient (Wildman–Crippen LogP) is 3.65. The fraction of sp³-hybridized carbons (Fsp3) is 0.400. The van der Waals surface area contributed by atoms with E-state index in [4.69, 9.17) is 0 Å². The van der Waals surface area contributed by atoms with Crippen LogP contribution in [-0.4, -0.2) is 29.8 Å². The Morgan fingerprint density at radius 3 is 2.46 bits per heavy atom. The molecule has 136 valence electrons. The maximum absolute atomic E-state index is 12.6. The molecule has 2 amide bonds. The highest BCUT2D eigenvalue weighted by Gasteiger charge is 2.40. The topological polar surface area (TPSA) is 61.4 Å². The number of carbonyl (C=O) groups excluding carboxylic acids is 2. The summed E-state index contributed by atoms with van der Waals surface area (Å²) in [6.45, 7) is 2.84. The third kappa shape index (κ3) is 3.81. The summed E-state index contributed by atoms with van der Waals surface area (Å²) in [5.41, 5.74) is 2.92. The summed E-state index contributed by atoms with van der Waals surface area (Å²) >= 11 is 1.85. The van der Waals surface area contributed by atoms with Gasteiger partial charge in [0.2, 0.25) is 11.8 Å². The van der Waals surface area contributed by atoms with E-state index >= 15 is 0 Å². The second-order valence-electron chi connectivity index (χ2n) is 7.11. The minimum absolute atomic E-state index is 0.0154. The lowest BCUT2D eigenvalue weighted by atomic mass is 9.96. The molecule has 0 spiro atoms. The molecule has 0 saturated heterocycles. The van der Waals surface area contributed by atoms with Crippen LogP contribution in [0.15, 0.2) is 35.7 Å². The molecule has 1 atom stereocenters. The van der Waals surface area contributed by atoms with Gasteiger partial charge in [0.15, 0.2) is 0 Å². The van der Waals surface area contributed by atoms with Crippen molar-refractivity contribution >= 4 is 34.5 Å². The van der Waals surface area contributed by atoms with Gasteiger partial charge in [0.1, 0.15) is 0 Å². The van der Waals surface area contributed by atoms with E-state index in [1.54, 1.807) is 12.1 Å². The van der Waals surface area contributed by atoms with Crippen LogP contribution in [-0.2, 0) is 16.0 Å². The summed E-state index contributed by atoms with van der Waals surface area (Å²) in [7, 11) is 0. The zero-order valence-electron chi connectivity index (χ0n) is 14.8. The minimum Gasteiger partial charge on any atom is -0.326 e. The van der Waals surface area contributed by atoms with Crippen molar-refractivity contribution in [2.24, 2.45) is 5.92 Å². The van der Waals surface area contributed by atoms with Crippen molar-refractivity contribution in [2.45, 2.75) is 32.2 Å². The molecule has 1 aromatic carbocycles. The van der Waals surface area contributed by atoms with Crippen LogP contribution >= 0.6 is 11.3 Å². The van der Waals surface area contributed by atoms with Gasteiger partial charge in [-0.25, -0.2) is 0 Å². The van der Waals surface area contributed by atoms with E-state index in [0.29, 0.717) is 18.5 Å². The van der Waals surface area contributed by atoms with E-state index < -0.39 is 0 Å². The highest BCUT2D eigenvalue weighted by Crippen LogP contribution is 2.48. The summed E-state index contributed by atoms with van der Waals surface area (Å²) in [6, 6.07) is 9.86. The Morgan fingerprint density at radius 2 is 1.81 bits per heavy atom. The normalized spacial score (nSPS) is 19.7. The highest BCUT2D eigenvalue weighted by molar-refractivity contribution is 7.10. The molecule has 2 aliphatic rings. The molecule has 0 unspecified atom stereocenters. The van der Waals surface area contributed by atoms with E-state index in [2.05, 4.69) is 27.0 Å². The van der Waals surface area contributed by atoms with Crippen LogP contribution in [0.4, 0.5) is 11.4 Å². The average Bonchev–Trinajstić information content (AvgIpc) is 3.32. The molecule has 2 N–H and O–H groups in total. The first-order valence-electron chi connectivity index (χ1n) is 9.08. The fourth-order valence-electron chi connectivity index (χ4n) is 3.76. The lowest BCUT2D eigenvalue weighted by Gasteiger charge is -2.35. The lowest BCUT2D eigenvalue weighted by Crippen LogP contribution is -2.41. The van der Waals surface area contributed by atoms with Crippen molar-refractivity contribution in [3.05, 3.63) is 46.2 Å². The number of benzene rings is 1. The van der Waals surface area contributed by atoms with Gasteiger partial charge < -0.3 is 10.6 Å². The van der Waals surface area contributed by atoms with Crippen molar-refractivity contribution in [1.82, 2.24) is 4.90 Å². The van der Waals surface area contributed by atoms with Crippen LogP contribution < -0.4 is 10.6 Å². The molecule has 0 radical (unpaired) electrons. The number of carbonyl (C=O) groups is 2. The number of nitrogens with zero attached hydrogens (tertiary/aromatic N) is 1. The number of anilines is 2. The van der Waals surface area contributed by atoms with Crippen molar-refractivity contribution in [3.8, 4) is 0 Å². The number of rotatable bonds is 5. The summed E-state index contributed by atoms with van der Waals surface area (Å²) in [4.78, 5) is 27.5. The Balaban J connectivity index is 1.39. The Morgan fingerprint density at radius 1 is 1.12 bits per heavy atom. The molecular formula is C20H23N3O2S. The van der Waals surface area contributed by atoms with E-state index in [1.165, 1.54) is 30.2 Å². The highest BCUT2D eigenvalue weighted by atomic mass is 32.1. The molecule has 4 rings (SSSR count). The van der Waals surface area contributed by atoms with Gasteiger partial charge in [-0.05, 0) is 66.5 Å². The smallest absolute Gasteiger partial charge is 0.238 e. The second-order valence-corrected chi connectivity index (χ2v) is 8.11. The van der Waals surface area contributed by atoms with Crippen LogP contribution in [0.3, 0.4) is 0 Å². The van der Waals surface area contributed by atoms with Crippen LogP contribution in [0.5, 0.6) is 0 Å². The van der Waals surface area contributed by atoms with Crippen molar-refractivity contribution in [1.29, 1.82) is 0 Å². The van der Waals surface area contributed by atoms with E-state index in [0.717, 1.165) is 24.3 Å². The minimum atomic E-state index is -0.106. The third-order valence-corrected chi connectivity index (χ3v) is 6.02. The lowest BCUT2D eigenvalue weighted by molar-refractivity contribution is -0.118. The van der Waals surface area contributed by atoms with Crippen LogP contribution in [0, 0.1) is 5.92 Å². The first kappa shape index (κ1) is 17.2. The summed E-state index contributed by atoms with van der Waals surface area (Å²) in [5.74, 6) is 0.612. The number of nitrogens with one attached hydrogen (secondary N) is 2. The number of amides is 2. The first-order chi connectivity index (χ1) is 12.6. The fourth-order valence-corrected chi connectivity index (χ4v) is 4.68. The molecule has 1 aliphatic carbocycles. The predicted molar refractivity (Wildman–Crippen MR) is 104 cm³/mol. The van der Waals surface area contributed by atoms with Crippen LogP contribution in [0.1, 0.15) is 36.2 Å². The molecule has 1 aliphatic heterocycles. The molecule has 2 aromatic rings. The maximum atomic E-state index is 12.6. The van der Waals surface area contributed by atoms with Crippen molar-refractivity contribution < 1.29 is 9.59 Å². The van der Waals surface area contributed by atoms with Gasteiger partial charge >= 0.3 is 0 Å². The Kier molecular flexibility index (Phi) is 4.78. The number of thiophene rings is 1. The Hall–Kier alpha value is -2.18. The van der Waals surface area contributed by atoms with E-state index in [1.807, 2.05) is 23.5 Å². The van der Waals surface area contributed by atoms with Gasteiger partial charge in [0.05, 0.1) is 6.54 Å². The van der Waals surface area contributed by atoms with Gasteiger partial charge in [0.25, 0.3) is 0 Å². The van der Waals surface area contributed by atoms with Gasteiger partial charge in [0, 0.05) is 35.8 Å². The monoisotopic (exact) mass is 369 g/mol. The number of hydrogen-bond donors (Lipinski definition) is 2. The van der Waals surface area contributed by atoms with Gasteiger partial charge in [-0.15, -0.1) is 11.3 Å². The summed E-state index contributed by atoms with van der Waals surface area (Å²) < 4.78 is 0. The summed E-state index contributed by atoms with van der Waals surface area (Å²) in [6.07, 6.45) is 3.57. The zero-order valence-corrected chi connectivity index (χ0v) is 15.6. The average molecular weight is 369 g/mol. The molecule has 1 saturated carbocycles. The largest absolute Gasteiger partial charge is 0.326 e. The van der Waals surface area contributed by atoms with E-state index in [9.17, 15) is 9.59 Å². The van der Waals surface area contributed by atoms with Gasteiger partial charge in [-0.1, -0.05) is 0 Å². The third-order valence-electron chi connectivity index (χ3n) is 5.02. The van der Waals surface area contributed by atoms with Crippen LogP contribution in [0.25, 0.3) is 0 Å². The molecule has 0 bridgehead atoms. The molecule has 2 heterocycles. The maximum Gasteiger partial charge on any atom is 0.238 e. The number of hydrogen-bond acceptors (Lipinski definition) is 4. The molecule has 1 aromatic heterocycles. The molecule has 26 heavy (non-hydrogen) atoms. The standard InChI is InChI=1S/C20H23N3O2S/c1-13(24)21-15-4-6-16(7-5-15)22-19(25)12-23-10-8-18-17(9-11-26-18)20(23)14-2-3-14/h4-7,9,11,14,20H,2-3,8,10,12H2,1H3,(H,21,24)(H,22,25)/t20-/m1/s1. The zero-order chi connectivity index (χ0) is 18.1. The molecular weight excluding hydrogens is 346 g/mol. The van der Waals surface area contributed by atoms with Crippen LogP contribution in [0.2, 0.25) is 0 Å². The Labute approximate surface area is 157 Å². The first-order valence-corrected chi connectivity index (χ1v) is 9.96. The summed E-state index contributed by atoms with van der Waals surface area (Å²) in [5, 5.41) is 7.88. The number of fused-ring (bicyclic) bond motifs is 1. The second kappa shape index (κ2) is 7.21. The molecule has 5 nitrogen and oxygen atoms in total. The quantitative estimate of drug-likeness (QED) is 0.846.